The van der Waals surface area contributed by atoms with E-state index in [1.54, 1.807) is 39.7 Å². The standard InChI is InChI=1S/C26H21ClN4O2/c1-17-7-12-22-21(13-17)24-25(26(33)30(16-28-24)14-18-5-3-2-4-6-18)31(22)15-23(32)29-20-10-8-19(27)9-11-20/h2-13,16H,14-15H2,1H3,(H,29,32). The minimum Gasteiger partial charge on any atom is -0.325 e. The summed E-state index contributed by atoms with van der Waals surface area (Å²) in [5.41, 5.74) is 4.33. The SMILES string of the molecule is Cc1ccc2c(c1)c1ncn(Cc3ccccc3)c(=O)c1n2CC(=O)Nc1ccc(Cl)cc1. The first-order valence-electron chi connectivity index (χ1n) is 10.6. The maximum absolute atomic E-state index is 13.5. The molecule has 0 aliphatic carbocycles. The molecule has 0 spiro atoms. The summed E-state index contributed by atoms with van der Waals surface area (Å²) in [6.45, 7) is 2.38. The van der Waals surface area contributed by atoms with Crippen LogP contribution in [0.1, 0.15) is 11.1 Å². The topological polar surface area (TPSA) is 68.9 Å². The van der Waals surface area contributed by atoms with E-state index in [-0.39, 0.29) is 18.0 Å². The molecule has 33 heavy (non-hydrogen) atoms. The van der Waals surface area contributed by atoms with E-state index in [4.69, 9.17) is 11.6 Å². The molecule has 1 amide bonds. The van der Waals surface area contributed by atoms with Gasteiger partial charge in [0, 0.05) is 16.1 Å². The summed E-state index contributed by atoms with van der Waals surface area (Å²) in [5.74, 6) is -0.241. The Labute approximate surface area is 195 Å². The number of anilines is 1. The van der Waals surface area contributed by atoms with Crippen LogP contribution < -0.4 is 10.9 Å². The molecule has 2 aromatic heterocycles. The van der Waals surface area contributed by atoms with Crippen molar-refractivity contribution in [1.82, 2.24) is 14.1 Å². The molecule has 0 saturated carbocycles. The fraction of sp³-hybridized carbons (Fsp3) is 0.115. The largest absolute Gasteiger partial charge is 0.325 e. The summed E-state index contributed by atoms with van der Waals surface area (Å²) >= 11 is 5.94. The number of benzene rings is 3. The molecule has 3 aromatic carbocycles. The van der Waals surface area contributed by atoms with Crippen LogP contribution in [-0.2, 0) is 17.9 Å². The molecular weight excluding hydrogens is 436 g/mol. The summed E-state index contributed by atoms with van der Waals surface area (Å²) in [7, 11) is 0. The fourth-order valence-electron chi connectivity index (χ4n) is 4.05. The number of nitrogens with zero attached hydrogens (tertiary/aromatic N) is 3. The Hall–Kier alpha value is -3.90. The molecule has 2 heterocycles. The van der Waals surface area contributed by atoms with E-state index in [0.29, 0.717) is 28.3 Å². The van der Waals surface area contributed by atoms with Crippen molar-refractivity contribution < 1.29 is 4.79 Å². The molecule has 0 unspecified atom stereocenters. The van der Waals surface area contributed by atoms with Gasteiger partial charge in [-0.25, -0.2) is 4.98 Å². The summed E-state index contributed by atoms with van der Waals surface area (Å²) in [4.78, 5) is 31.1. The molecule has 0 radical (unpaired) electrons. The van der Waals surface area contributed by atoms with Crippen LogP contribution in [0, 0.1) is 6.92 Å². The summed E-state index contributed by atoms with van der Waals surface area (Å²) in [5, 5.41) is 4.32. The minimum atomic E-state index is -0.241. The summed E-state index contributed by atoms with van der Waals surface area (Å²) in [6.07, 6.45) is 1.58. The first kappa shape index (κ1) is 21.0. The molecular formula is C26H21ClN4O2. The van der Waals surface area contributed by atoms with Crippen LogP contribution in [0.3, 0.4) is 0 Å². The lowest BCUT2D eigenvalue weighted by atomic mass is 10.1. The van der Waals surface area contributed by atoms with Crippen LogP contribution >= 0.6 is 11.6 Å². The average Bonchev–Trinajstić information content (AvgIpc) is 3.11. The zero-order valence-electron chi connectivity index (χ0n) is 18.0. The summed E-state index contributed by atoms with van der Waals surface area (Å²) < 4.78 is 3.34. The number of carbonyl (C=O) groups is 1. The smallest absolute Gasteiger partial charge is 0.278 e. The van der Waals surface area contributed by atoms with Gasteiger partial charge in [0.1, 0.15) is 17.6 Å². The van der Waals surface area contributed by atoms with E-state index in [0.717, 1.165) is 22.0 Å². The van der Waals surface area contributed by atoms with Crippen LogP contribution in [-0.4, -0.2) is 20.0 Å². The summed E-state index contributed by atoms with van der Waals surface area (Å²) in [6, 6.07) is 22.6. The van der Waals surface area contributed by atoms with Gasteiger partial charge in [-0.3, -0.25) is 14.2 Å². The first-order valence-corrected chi connectivity index (χ1v) is 10.9. The van der Waals surface area contributed by atoms with Gasteiger partial charge in [0.05, 0.1) is 18.4 Å². The maximum Gasteiger partial charge on any atom is 0.278 e. The molecule has 164 valence electrons. The van der Waals surface area contributed by atoms with Gasteiger partial charge in [0.25, 0.3) is 5.56 Å². The number of aryl methyl sites for hydroxylation is 1. The van der Waals surface area contributed by atoms with Crippen molar-refractivity contribution in [3.8, 4) is 0 Å². The number of rotatable bonds is 5. The normalized spacial score (nSPS) is 11.2. The van der Waals surface area contributed by atoms with Gasteiger partial charge in [-0.15, -0.1) is 0 Å². The van der Waals surface area contributed by atoms with Crippen molar-refractivity contribution in [2.24, 2.45) is 0 Å². The van der Waals surface area contributed by atoms with Crippen molar-refractivity contribution in [2.75, 3.05) is 5.32 Å². The van der Waals surface area contributed by atoms with Gasteiger partial charge in [-0.05, 0) is 48.9 Å². The number of aromatic nitrogens is 3. The highest BCUT2D eigenvalue weighted by molar-refractivity contribution is 6.30. The van der Waals surface area contributed by atoms with E-state index in [2.05, 4.69) is 10.3 Å². The number of amides is 1. The zero-order valence-corrected chi connectivity index (χ0v) is 18.7. The monoisotopic (exact) mass is 456 g/mol. The van der Waals surface area contributed by atoms with Crippen molar-refractivity contribution in [3.05, 3.63) is 106 Å². The highest BCUT2D eigenvalue weighted by Gasteiger charge is 2.19. The lowest BCUT2D eigenvalue weighted by molar-refractivity contribution is -0.116. The van der Waals surface area contributed by atoms with E-state index in [9.17, 15) is 9.59 Å². The van der Waals surface area contributed by atoms with Crippen LogP contribution in [0.2, 0.25) is 5.02 Å². The highest BCUT2D eigenvalue weighted by atomic mass is 35.5. The van der Waals surface area contributed by atoms with Crippen LogP contribution in [0.5, 0.6) is 0 Å². The third kappa shape index (κ3) is 4.13. The number of nitrogens with one attached hydrogen (secondary N) is 1. The second-order valence-corrected chi connectivity index (χ2v) is 8.46. The molecule has 5 rings (SSSR count). The number of hydrogen-bond acceptors (Lipinski definition) is 3. The van der Waals surface area contributed by atoms with Gasteiger partial charge in [0.15, 0.2) is 0 Å². The van der Waals surface area contributed by atoms with E-state index in [1.807, 2.05) is 55.5 Å². The predicted octanol–water partition coefficient (Wildman–Crippen LogP) is 5.00. The number of hydrogen-bond donors (Lipinski definition) is 1. The molecule has 0 saturated heterocycles. The Kier molecular flexibility index (Phi) is 5.44. The molecule has 0 fully saturated rings. The van der Waals surface area contributed by atoms with Crippen LogP contribution in [0.15, 0.2) is 83.9 Å². The molecule has 0 aliphatic heterocycles. The van der Waals surface area contributed by atoms with Gasteiger partial charge in [-0.2, -0.15) is 0 Å². The third-order valence-electron chi connectivity index (χ3n) is 5.61. The lowest BCUT2D eigenvalue weighted by Gasteiger charge is -2.10. The maximum atomic E-state index is 13.5. The van der Waals surface area contributed by atoms with Crippen molar-refractivity contribution in [2.45, 2.75) is 20.0 Å². The molecule has 7 heteroatoms. The van der Waals surface area contributed by atoms with Crippen LogP contribution in [0.4, 0.5) is 5.69 Å². The van der Waals surface area contributed by atoms with Gasteiger partial charge < -0.3 is 9.88 Å². The molecule has 0 bridgehead atoms. The van der Waals surface area contributed by atoms with E-state index in [1.165, 1.54) is 0 Å². The lowest BCUT2D eigenvalue weighted by Crippen LogP contribution is -2.25. The Balaban J connectivity index is 1.60. The molecule has 1 N–H and O–H groups in total. The van der Waals surface area contributed by atoms with Gasteiger partial charge >= 0.3 is 0 Å². The molecule has 5 aromatic rings. The number of halogens is 1. The van der Waals surface area contributed by atoms with Crippen molar-refractivity contribution >= 4 is 45.1 Å². The first-order chi connectivity index (χ1) is 16.0. The van der Waals surface area contributed by atoms with Crippen molar-refractivity contribution in [1.29, 1.82) is 0 Å². The Morgan fingerprint density at radius 2 is 1.79 bits per heavy atom. The second-order valence-electron chi connectivity index (χ2n) is 8.02. The average molecular weight is 457 g/mol. The van der Waals surface area contributed by atoms with E-state index < -0.39 is 0 Å². The quantitative estimate of drug-likeness (QED) is 0.404. The second kappa shape index (κ2) is 8.56. The Morgan fingerprint density at radius 1 is 1.03 bits per heavy atom. The number of carbonyl (C=O) groups excluding carboxylic acids is 1. The van der Waals surface area contributed by atoms with E-state index >= 15 is 0 Å². The third-order valence-corrected chi connectivity index (χ3v) is 5.86. The van der Waals surface area contributed by atoms with Crippen molar-refractivity contribution in [3.63, 3.8) is 0 Å². The number of fused-ring (bicyclic) bond motifs is 3. The molecule has 6 nitrogen and oxygen atoms in total. The fourth-order valence-corrected chi connectivity index (χ4v) is 4.17. The Bertz CT molecular complexity index is 1540. The molecule has 0 atom stereocenters. The zero-order chi connectivity index (χ0) is 22.9. The molecule has 0 aliphatic rings. The minimum absolute atomic E-state index is 0.0159. The van der Waals surface area contributed by atoms with Gasteiger partial charge in [-0.1, -0.05) is 53.6 Å². The Morgan fingerprint density at radius 3 is 2.55 bits per heavy atom. The predicted molar refractivity (Wildman–Crippen MR) is 132 cm³/mol. The van der Waals surface area contributed by atoms with Crippen LogP contribution in [0.25, 0.3) is 21.9 Å². The van der Waals surface area contributed by atoms with Gasteiger partial charge in [0.2, 0.25) is 5.91 Å². The highest BCUT2D eigenvalue weighted by Crippen LogP contribution is 2.26.